The lowest BCUT2D eigenvalue weighted by Gasteiger charge is -2.26. The van der Waals surface area contributed by atoms with Gasteiger partial charge in [0.05, 0.1) is 48.2 Å². The number of esters is 1. The van der Waals surface area contributed by atoms with Crippen LogP contribution in [0.2, 0.25) is 0 Å². The number of benzene rings is 2. The Kier molecular flexibility index (Phi) is 7.65. The number of thiazole rings is 1. The number of fused-ring (bicyclic) bond motifs is 1. The van der Waals surface area contributed by atoms with Crippen LogP contribution in [0.1, 0.15) is 31.0 Å². The standard InChI is InChI=1S/C26H25BrN2O6S/c1-6-35-25(31)22-14(2)28-26-29(23(22)17-13-16(32-3)8-10-19(17)33-4)24(30)21(36-26)12-15-7-9-20(34-5)18(27)11-15/h7-13,23H,6H2,1-5H3. The van der Waals surface area contributed by atoms with Crippen LogP contribution in [-0.2, 0) is 9.53 Å². The molecular formula is C26H25BrN2O6S. The van der Waals surface area contributed by atoms with Crippen LogP contribution in [0.5, 0.6) is 17.2 Å². The number of aromatic nitrogens is 1. The fourth-order valence-corrected chi connectivity index (χ4v) is 5.67. The molecule has 0 fully saturated rings. The number of hydrogen-bond acceptors (Lipinski definition) is 8. The Morgan fingerprint density at radius 3 is 2.47 bits per heavy atom. The molecule has 8 nitrogen and oxygen atoms in total. The molecule has 0 saturated heterocycles. The van der Waals surface area contributed by atoms with Crippen molar-refractivity contribution in [1.29, 1.82) is 0 Å². The van der Waals surface area contributed by atoms with Crippen molar-refractivity contribution in [3.63, 3.8) is 0 Å². The predicted octanol–water partition coefficient (Wildman–Crippen LogP) is 3.59. The highest BCUT2D eigenvalue weighted by molar-refractivity contribution is 9.10. The van der Waals surface area contributed by atoms with Gasteiger partial charge in [-0.15, -0.1) is 0 Å². The zero-order valence-corrected chi connectivity index (χ0v) is 22.9. The van der Waals surface area contributed by atoms with Gasteiger partial charge in [-0.3, -0.25) is 9.36 Å². The lowest BCUT2D eigenvalue weighted by Crippen LogP contribution is -2.40. The number of nitrogens with zero attached hydrogens (tertiary/aromatic N) is 2. The van der Waals surface area contributed by atoms with E-state index in [2.05, 4.69) is 20.9 Å². The highest BCUT2D eigenvalue weighted by atomic mass is 79.9. The van der Waals surface area contributed by atoms with E-state index in [0.29, 0.717) is 37.8 Å². The van der Waals surface area contributed by atoms with Crippen molar-refractivity contribution >= 4 is 39.3 Å². The first-order valence-corrected chi connectivity index (χ1v) is 12.7. The van der Waals surface area contributed by atoms with Gasteiger partial charge in [0.1, 0.15) is 23.3 Å². The second kappa shape index (κ2) is 10.7. The monoisotopic (exact) mass is 572 g/mol. The van der Waals surface area contributed by atoms with Crippen molar-refractivity contribution in [1.82, 2.24) is 4.57 Å². The quantitative estimate of drug-likeness (QED) is 0.402. The topological polar surface area (TPSA) is 88.4 Å². The highest BCUT2D eigenvalue weighted by Crippen LogP contribution is 2.37. The largest absolute Gasteiger partial charge is 0.497 e. The number of hydrogen-bond donors (Lipinski definition) is 0. The second-order valence-electron chi connectivity index (χ2n) is 7.80. The molecule has 0 bridgehead atoms. The van der Waals surface area contributed by atoms with Gasteiger partial charge in [-0.05, 0) is 71.7 Å². The van der Waals surface area contributed by atoms with Crippen LogP contribution in [0.4, 0.5) is 0 Å². The Morgan fingerprint density at radius 2 is 1.83 bits per heavy atom. The molecule has 10 heteroatoms. The van der Waals surface area contributed by atoms with Crippen molar-refractivity contribution in [3.8, 4) is 17.2 Å². The Bertz CT molecular complexity index is 1540. The van der Waals surface area contributed by atoms with Crippen molar-refractivity contribution in [2.75, 3.05) is 27.9 Å². The van der Waals surface area contributed by atoms with Crippen LogP contribution in [0.25, 0.3) is 6.08 Å². The molecule has 4 rings (SSSR count). The average Bonchev–Trinajstić information content (AvgIpc) is 3.17. The summed E-state index contributed by atoms with van der Waals surface area (Å²) in [7, 11) is 4.68. The molecule has 2 heterocycles. The minimum absolute atomic E-state index is 0.189. The Morgan fingerprint density at radius 1 is 1.11 bits per heavy atom. The van der Waals surface area contributed by atoms with Crippen LogP contribution in [0.3, 0.4) is 0 Å². The van der Waals surface area contributed by atoms with Crippen LogP contribution >= 0.6 is 27.3 Å². The zero-order chi connectivity index (χ0) is 26.0. The number of methoxy groups -OCH3 is 3. The number of rotatable bonds is 7. The summed E-state index contributed by atoms with van der Waals surface area (Å²) in [6.45, 7) is 3.66. The number of carbonyl (C=O) groups is 1. The summed E-state index contributed by atoms with van der Waals surface area (Å²) in [5.41, 5.74) is 1.87. The molecule has 0 radical (unpaired) electrons. The molecular weight excluding hydrogens is 548 g/mol. The Balaban J connectivity index is 1.99. The summed E-state index contributed by atoms with van der Waals surface area (Å²) < 4.78 is 24.5. The highest BCUT2D eigenvalue weighted by Gasteiger charge is 2.35. The zero-order valence-electron chi connectivity index (χ0n) is 20.5. The van der Waals surface area contributed by atoms with Crippen molar-refractivity contribution < 1.29 is 23.7 Å². The first kappa shape index (κ1) is 25.7. The number of allylic oxidation sites excluding steroid dienone is 1. The molecule has 1 aliphatic heterocycles. The second-order valence-corrected chi connectivity index (χ2v) is 9.67. The molecule has 2 aromatic carbocycles. The minimum Gasteiger partial charge on any atom is -0.497 e. The van der Waals surface area contributed by atoms with E-state index in [9.17, 15) is 9.59 Å². The van der Waals surface area contributed by atoms with Gasteiger partial charge in [-0.2, -0.15) is 0 Å². The van der Waals surface area contributed by atoms with E-state index in [-0.39, 0.29) is 17.7 Å². The van der Waals surface area contributed by atoms with E-state index in [1.807, 2.05) is 18.2 Å². The molecule has 0 amide bonds. The third-order valence-corrected chi connectivity index (χ3v) is 7.32. The van der Waals surface area contributed by atoms with Crippen molar-refractivity contribution in [2.24, 2.45) is 4.99 Å². The molecule has 36 heavy (non-hydrogen) atoms. The third-order valence-electron chi connectivity index (χ3n) is 5.72. The summed E-state index contributed by atoms with van der Waals surface area (Å²) >= 11 is 4.73. The summed E-state index contributed by atoms with van der Waals surface area (Å²) in [5, 5.41) is 0. The van der Waals surface area contributed by atoms with Crippen LogP contribution in [0, 0.1) is 0 Å². The van der Waals surface area contributed by atoms with Gasteiger partial charge in [0.2, 0.25) is 0 Å². The summed E-state index contributed by atoms with van der Waals surface area (Å²) in [5.74, 6) is 1.22. The van der Waals surface area contributed by atoms with Crippen molar-refractivity contribution in [2.45, 2.75) is 19.9 Å². The smallest absolute Gasteiger partial charge is 0.338 e. The predicted molar refractivity (Wildman–Crippen MR) is 141 cm³/mol. The molecule has 3 aromatic rings. The van der Waals surface area contributed by atoms with E-state index < -0.39 is 12.0 Å². The molecule has 1 unspecified atom stereocenters. The summed E-state index contributed by atoms with van der Waals surface area (Å²) in [6.07, 6.45) is 1.79. The first-order valence-electron chi connectivity index (χ1n) is 11.1. The van der Waals surface area contributed by atoms with E-state index in [0.717, 1.165) is 10.0 Å². The normalized spacial score (nSPS) is 15.3. The van der Waals surface area contributed by atoms with Gasteiger partial charge in [0.25, 0.3) is 5.56 Å². The van der Waals surface area contributed by atoms with Gasteiger partial charge in [0.15, 0.2) is 4.80 Å². The average molecular weight is 573 g/mol. The SMILES string of the molecule is CCOC(=O)C1=C(C)N=c2sc(=Cc3ccc(OC)c(Br)c3)c(=O)n2C1c1cc(OC)ccc1OC. The maximum absolute atomic E-state index is 13.8. The summed E-state index contributed by atoms with van der Waals surface area (Å²) in [4.78, 5) is 32.0. The van der Waals surface area contributed by atoms with Crippen LogP contribution in [0.15, 0.2) is 61.9 Å². The fraction of sp³-hybridized carbons (Fsp3) is 0.269. The van der Waals surface area contributed by atoms with Gasteiger partial charge >= 0.3 is 5.97 Å². The molecule has 1 aromatic heterocycles. The lowest BCUT2D eigenvalue weighted by molar-refractivity contribution is -0.139. The van der Waals surface area contributed by atoms with Crippen LogP contribution < -0.4 is 29.1 Å². The number of carbonyl (C=O) groups excluding carboxylic acids is 1. The molecule has 0 saturated carbocycles. The van der Waals surface area contributed by atoms with Gasteiger partial charge in [-0.1, -0.05) is 17.4 Å². The van der Waals surface area contributed by atoms with Gasteiger partial charge in [-0.25, -0.2) is 9.79 Å². The minimum atomic E-state index is -0.810. The molecule has 0 N–H and O–H groups in total. The molecule has 0 spiro atoms. The maximum Gasteiger partial charge on any atom is 0.338 e. The lowest BCUT2D eigenvalue weighted by atomic mass is 9.94. The van der Waals surface area contributed by atoms with Crippen molar-refractivity contribution in [3.05, 3.63) is 83.0 Å². The maximum atomic E-state index is 13.8. The summed E-state index contributed by atoms with van der Waals surface area (Å²) in [6, 6.07) is 10.0. The van der Waals surface area contributed by atoms with E-state index in [1.165, 1.54) is 23.0 Å². The number of ether oxygens (including phenoxy) is 4. The third kappa shape index (κ3) is 4.70. The van der Waals surface area contributed by atoms with E-state index >= 15 is 0 Å². The molecule has 1 aliphatic rings. The fourth-order valence-electron chi connectivity index (χ4n) is 4.06. The van der Waals surface area contributed by atoms with Gasteiger partial charge in [0, 0.05) is 5.56 Å². The van der Waals surface area contributed by atoms with E-state index in [4.69, 9.17) is 18.9 Å². The van der Waals surface area contributed by atoms with Crippen LogP contribution in [-0.4, -0.2) is 38.5 Å². The molecule has 1 atom stereocenters. The Hall–Kier alpha value is -3.37. The van der Waals surface area contributed by atoms with Gasteiger partial charge < -0.3 is 18.9 Å². The molecule has 188 valence electrons. The molecule has 0 aliphatic carbocycles. The first-order chi connectivity index (χ1) is 17.3. The Labute approximate surface area is 220 Å². The number of halogens is 1. The van der Waals surface area contributed by atoms with E-state index in [1.54, 1.807) is 52.3 Å².